The highest BCUT2D eigenvalue weighted by molar-refractivity contribution is 6.36. The van der Waals surface area contributed by atoms with E-state index in [1.165, 1.54) is 0 Å². The number of carboxylic acids is 1. The maximum absolute atomic E-state index is 13.8. The number of nitrogens with zero attached hydrogens (tertiary/aromatic N) is 6. The Hall–Kier alpha value is -4.88. The van der Waals surface area contributed by atoms with Gasteiger partial charge in [0.15, 0.2) is 11.6 Å². The lowest BCUT2D eigenvalue weighted by Crippen LogP contribution is -2.36. The minimum atomic E-state index is -0.676. The van der Waals surface area contributed by atoms with Crippen molar-refractivity contribution in [3.05, 3.63) is 94.3 Å². The van der Waals surface area contributed by atoms with E-state index < -0.39 is 11.6 Å². The molecule has 13 heteroatoms. The molecule has 3 aromatic heterocycles. The molecule has 12 nitrogen and oxygen atoms in total. The standard InChI is InChI=1S/C43H49ClN8O4/c1-26-31(6-4-8-33(26)47-39-38-30(14-17-45-39)20-28(21-46-38)23-52-19-16-43(2,56)25-52)32-7-5-9-34(37(32)44)49-41(53)40-48-35-24-51(18-15-36(35)50(40)3)22-27-10-12-29(13-11-27)42(54)55/h4-9,14,17,20-21,27,29,56H,10-13,15-16,18-19,22-25H2,1-3H3,(H,45,47)(H,49,53)(H,54,55)/t27-,29+,43-/m1/s1. The molecule has 8 rings (SSSR count). The summed E-state index contributed by atoms with van der Waals surface area (Å²) in [7, 11) is 1.89. The number of anilines is 3. The first kappa shape index (κ1) is 38.0. The molecule has 1 amide bonds. The van der Waals surface area contributed by atoms with Crippen LogP contribution in [0, 0.1) is 18.8 Å². The van der Waals surface area contributed by atoms with E-state index in [9.17, 15) is 19.8 Å². The van der Waals surface area contributed by atoms with Crippen LogP contribution in [0.3, 0.4) is 0 Å². The second-order valence-corrected chi connectivity index (χ2v) is 16.6. The van der Waals surface area contributed by atoms with Gasteiger partial charge in [0, 0.05) is 87.5 Å². The lowest BCUT2D eigenvalue weighted by Gasteiger charge is -2.33. The van der Waals surface area contributed by atoms with Crippen molar-refractivity contribution in [1.82, 2.24) is 29.3 Å². The average molecular weight is 777 g/mol. The van der Waals surface area contributed by atoms with Crippen molar-refractivity contribution in [3.8, 4) is 11.1 Å². The van der Waals surface area contributed by atoms with Crippen molar-refractivity contribution in [3.63, 3.8) is 0 Å². The lowest BCUT2D eigenvalue weighted by atomic mass is 9.81. The van der Waals surface area contributed by atoms with Gasteiger partial charge >= 0.3 is 5.97 Å². The molecule has 1 saturated heterocycles. The maximum Gasteiger partial charge on any atom is 0.306 e. The molecule has 2 aliphatic heterocycles. The molecule has 0 bridgehead atoms. The molecule has 0 radical (unpaired) electrons. The van der Waals surface area contributed by atoms with E-state index in [0.717, 1.165) is 115 Å². The van der Waals surface area contributed by atoms with Gasteiger partial charge in [0.1, 0.15) is 5.52 Å². The number of nitrogens with one attached hydrogen (secondary N) is 2. The van der Waals surface area contributed by atoms with Gasteiger partial charge < -0.3 is 25.4 Å². The Kier molecular flexibility index (Phi) is 10.6. The van der Waals surface area contributed by atoms with Gasteiger partial charge in [-0.3, -0.25) is 24.4 Å². The lowest BCUT2D eigenvalue weighted by molar-refractivity contribution is -0.143. The first-order valence-corrected chi connectivity index (χ1v) is 19.9. The number of hydrogen-bond acceptors (Lipinski definition) is 9. The van der Waals surface area contributed by atoms with Gasteiger partial charge in [-0.2, -0.15) is 0 Å². The summed E-state index contributed by atoms with van der Waals surface area (Å²) in [5, 5.41) is 27.7. The third-order valence-electron chi connectivity index (χ3n) is 12.0. The normalized spacial score (nSPS) is 21.6. The van der Waals surface area contributed by atoms with Gasteiger partial charge in [0.2, 0.25) is 0 Å². The Labute approximate surface area is 331 Å². The molecule has 4 N–H and O–H groups in total. The average Bonchev–Trinajstić information content (AvgIpc) is 3.70. The summed E-state index contributed by atoms with van der Waals surface area (Å²) in [6.45, 7) is 8.63. The molecule has 5 heterocycles. The molecule has 5 aromatic rings. The van der Waals surface area contributed by atoms with Crippen LogP contribution in [0.5, 0.6) is 0 Å². The molecule has 1 saturated carbocycles. The van der Waals surface area contributed by atoms with Crippen molar-refractivity contribution in [2.75, 3.05) is 36.8 Å². The predicted octanol–water partition coefficient (Wildman–Crippen LogP) is 7.19. The molecule has 0 unspecified atom stereocenters. The number of hydrogen-bond donors (Lipinski definition) is 4. The van der Waals surface area contributed by atoms with Gasteiger partial charge in [-0.05, 0) is 92.8 Å². The van der Waals surface area contributed by atoms with E-state index in [4.69, 9.17) is 21.6 Å². The molecule has 1 atom stereocenters. The molecular formula is C43H49ClN8O4. The minimum absolute atomic E-state index is 0.214. The zero-order chi connectivity index (χ0) is 39.1. The number of benzene rings is 2. The number of pyridine rings is 2. The number of aliphatic hydroxyl groups is 1. The Morgan fingerprint density at radius 1 is 1.00 bits per heavy atom. The second-order valence-electron chi connectivity index (χ2n) is 16.2. The third-order valence-corrected chi connectivity index (χ3v) is 12.4. The van der Waals surface area contributed by atoms with Crippen LogP contribution in [0.1, 0.15) is 72.2 Å². The number of carbonyl (C=O) groups is 2. The van der Waals surface area contributed by atoms with Crippen LogP contribution in [0.2, 0.25) is 5.02 Å². The van der Waals surface area contributed by atoms with Gasteiger partial charge in [-0.25, -0.2) is 9.97 Å². The molecule has 3 aliphatic rings. The topological polar surface area (TPSA) is 149 Å². The van der Waals surface area contributed by atoms with E-state index in [2.05, 4.69) is 31.5 Å². The van der Waals surface area contributed by atoms with E-state index >= 15 is 0 Å². The first-order valence-electron chi connectivity index (χ1n) is 19.6. The number of carboxylic acid groups (broad SMARTS) is 1. The summed E-state index contributed by atoms with van der Waals surface area (Å²) in [6.07, 6.45) is 8.58. The summed E-state index contributed by atoms with van der Waals surface area (Å²) in [5.74, 6) is 0.264. The van der Waals surface area contributed by atoms with Crippen LogP contribution in [0.15, 0.2) is 60.9 Å². The highest BCUT2D eigenvalue weighted by Crippen LogP contribution is 2.39. The molecule has 2 aromatic carbocycles. The summed E-state index contributed by atoms with van der Waals surface area (Å²) in [5.41, 5.74) is 7.21. The summed E-state index contributed by atoms with van der Waals surface area (Å²) in [6, 6.07) is 15.7. The summed E-state index contributed by atoms with van der Waals surface area (Å²) < 4.78 is 1.90. The fourth-order valence-electron chi connectivity index (χ4n) is 8.82. The molecule has 2 fully saturated rings. The summed E-state index contributed by atoms with van der Waals surface area (Å²) >= 11 is 7.07. The Morgan fingerprint density at radius 2 is 1.77 bits per heavy atom. The van der Waals surface area contributed by atoms with Gasteiger partial charge in [0.25, 0.3) is 5.91 Å². The number of fused-ring (bicyclic) bond motifs is 2. The molecule has 1 aliphatic carbocycles. The van der Waals surface area contributed by atoms with E-state index in [0.29, 0.717) is 41.4 Å². The molecule has 292 valence electrons. The number of imidazole rings is 1. The van der Waals surface area contributed by atoms with Gasteiger partial charge in [-0.1, -0.05) is 35.9 Å². The number of likely N-dealkylation sites (tertiary alicyclic amines) is 1. The number of halogens is 1. The smallest absolute Gasteiger partial charge is 0.306 e. The Morgan fingerprint density at radius 3 is 2.52 bits per heavy atom. The third kappa shape index (κ3) is 7.88. The van der Waals surface area contributed by atoms with Crippen molar-refractivity contribution in [1.29, 1.82) is 0 Å². The number of aromatic nitrogens is 4. The van der Waals surface area contributed by atoms with Gasteiger partial charge in [-0.15, -0.1) is 0 Å². The fraction of sp³-hybridized carbons (Fsp3) is 0.419. The minimum Gasteiger partial charge on any atom is -0.481 e. The predicted molar refractivity (Wildman–Crippen MR) is 218 cm³/mol. The SMILES string of the molecule is Cc1c(Nc2nccc3cc(CN4CC[C@@](C)(O)C4)cnc23)cccc1-c1cccc(NC(=O)c2nc3c(n2C)CCN(C[C@H]2CC[C@@H](C(=O)O)CC2)C3)c1Cl. The van der Waals surface area contributed by atoms with Crippen LogP contribution in [-0.2, 0) is 31.4 Å². The quantitative estimate of drug-likeness (QED) is 0.115. The zero-order valence-corrected chi connectivity index (χ0v) is 32.9. The van der Waals surface area contributed by atoms with Crippen LogP contribution in [-0.4, -0.2) is 83.2 Å². The van der Waals surface area contributed by atoms with Crippen molar-refractivity contribution in [2.45, 2.75) is 71.1 Å². The highest BCUT2D eigenvalue weighted by atomic mass is 35.5. The van der Waals surface area contributed by atoms with E-state index in [1.807, 2.05) is 68.1 Å². The molecule has 0 spiro atoms. The van der Waals surface area contributed by atoms with E-state index in [-0.39, 0.29) is 11.8 Å². The monoisotopic (exact) mass is 776 g/mol. The van der Waals surface area contributed by atoms with Crippen molar-refractivity contribution < 1.29 is 19.8 Å². The second kappa shape index (κ2) is 15.6. The number of β-amino-alcohol motifs (C(OH)–C–C–N with tert-alkyl or cyclic N) is 1. The molecular weight excluding hydrogens is 728 g/mol. The number of amides is 1. The van der Waals surface area contributed by atoms with Crippen LogP contribution in [0.25, 0.3) is 22.0 Å². The number of aliphatic carboxylic acids is 1. The zero-order valence-electron chi connectivity index (χ0n) is 32.2. The van der Waals surface area contributed by atoms with Crippen LogP contribution >= 0.6 is 11.6 Å². The number of carbonyl (C=O) groups excluding carboxylic acids is 1. The van der Waals surface area contributed by atoms with Crippen molar-refractivity contribution >= 4 is 51.6 Å². The maximum atomic E-state index is 13.8. The Balaban J connectivity index is 0.957. The van der Waals surface area contributed by atoms with Crippen LogP contribution < -0.4 is 10.6 Å². The first-order chi connectivity index (χ1) is 26.9. The Bertz CT molecular complexity index is 2300. The summed E-state index contributed by atoms with van der Waals surface area (Å²) in [4.78, 5) is 44.0. The highest BCUT2D eigenvalue weighted by Gasteiger charge is 2.32. The van der Waals surface area contributed by atoms with Crippen molar-refractivity contribution in [2.24, 2.45) is 18.9 Å². The van der Waals surface area contributed by atoms with E-state index in [1.54, 1.807) is 12.3 Å². The molecule has 56 heavy (non-hydrogen) atoms. The van der Waals surface area contributed by atoms with Crippen LogP contribution in [0.4, 0.5) is 17.2 Å². The largest absolute Gasteiger partial charge is 0.481 e. The van der Waals surface area contributed by atoms with Gasteiger partial charge in [0.05, 0.1) is 27.9 Å². The fourth-order valence-corrected chi connectivity index (χ4v) is 9.09. The number of rotatable bonds is 10.